The second-order valence-corrected chi connectivity index (χ2v) is 4.54. The number of carbonyl (C=O) groups is 1. The van der Waals surface area contributed by atoms with Gasteiger partial charge in [0.2, 0.25) is 5.91 Å². The normalized spacial score (nSPS) is 10.6. The van der Waals surface area contributed by atoms with Crippen LogP contribution in [-0.2, 0) is 16.1 Å². The van der Waals surface area contributed by atoms with Gasteiger partial charge >= 0.3 is 0 Å². The van der Waals surface area contributed by atoms with Crippen molar-refractivity contribution in [1.29, 1.82) is 0 Å². The number of carbonyl (C=O) groups excluding carboxylic acids is 1. The highest BCUT2D eigenvalue weighted by molar-refractivity contribution is 5.77. The van der Waals surface area contributed by atoms with Crippen molar-refractivity contribution in [1.82, 2.24) is 4.90 Å². The monoisotopic (exact) mass is 235 g/mol. The van der Waals surface area contributed by atoms with Crippen LogP contribution in [0.3, 0.4) is 0 Å². The molecule has 0 aliphatic heterocycles. The first kappa shape index (κ1) is 13.7. The quantitative estimate of drug-likeness (QED) is 0.784. The molecule has 0 saturated carbocycles. The average molecular weight is 235 g/mol. The van der Waals surface area contributed by atoms with Crippen LogP contribution < -0.4 is 0 Å². The Morgan fingerprint density at radius 2 is 2.00 bits per heavy atom. The Morgan fingerprint density at radius 3 is 2.59 bits per heavy atom. The maximum Gasteiger partial charge on any atom is 0.248 e. The second kappa shape index (κ2) is 6.40. The summed E-state index contributed by atoms with van der Waals surface area (Å²) < 4.78 is 5.30. The van der Waals surface area contributed by atoms with E-state index in [1.54, 1.807) is 11.9 Å². The highest BCUT2D eigenvalue weighted by Crippen LogP contribution is 2.09. The average Bonchev–Trinajstić information content (AvgIpc) is 2.28. The molecule has 0 atom stereocenters. The van der Waals surface area contributed by atoms with Gasteiger partial charge < -0.3 is 9.64 Å². The summed E-state index contributed by atoms with van der Waals surface area (Å²) in [5.41, 5.74) is 2.38. The molecule has 3 nitrogen and oxygen atoms in total. The summed E-state index contributed by atoms with van der Waals surface area (Å²) in [6.45, 7) is 6.69. The molecule has 0 aliphatic carbocycles. The standard InChI is InChI=1S/C14H21NO2/c1-11(2)17-10-14(16)15(4)9-13-8-6-5-7-12(13)3/h5-8,11H,9-10H2,1-4H3. The van der Waals surface area contributed by atoms with Gasteiger partial charge in [-0.3, -0.25) is 4.79 Å². The number of ether oxygens (including phenoxy) is 1. The van der Waals surface area contributed by atoms with E-state index in [1.165, 1.54) is 11.1 Å². The molecule has 94 valence electrons. The molecule has 17 heavy (non-hydrogen) atoms. The molecular formula is C14H21NO2. The number of hydrogen-bond donors (Lipinski definition) is 0. The number of hydrogen-bond acceptors (Lipinski definition) is 2. The first-order chi connectivity index (χ1) is 8.00. The van der Waals surface area contributed by atoms with Crippen molar-refractivity contribution in [3.05, 3.63) is 35.4 Å². The third-order valence-electron chi connectivity index (χ3n) is 2.63. The van der Waals surface area contributed by atoms with Gasteiger partial charge in [0.1, 0.15) is 6.61 Å². The van der Waals surface area contributed by atoms with Crippen LogP contribution in [0.2, 0.25) is 0 Å². The van der Waals surface area contributed by atoms with Crippen LogP contribution in [0.4, 0.5) is 0 Å². The number of likely N-dealkylation sites (N-methyl/N-ethyl adjacent to an activating group) is 1. The fourth-order valence-electron chi connectivity index (χ4n) is 1.48. The van der Waals surface area contributed by atoms with Crippen molar-refractivity contribution in [3.63, 3.8) is 0 Å². The lowest BCUT2D eigenvalue weighted by molar-refractivity contribution is -0.136. The van der Waals surface area contributed by atoms with Crippen LogP contribution in [0.1, 0.15) is 25.0 Å². The molecule has 0 heterocycles. The van der Waals surface area contributed by atoms with E-state index < -0.39 is 0 Å². The molecule has 0 N–H and O–H groups in total. The highest BCUT2D eigenvalue weighted by atomic mass is 16.5. The van der Waals surface area contributed by atoms with Crippen molar-refractivity contribution in [2.24, 2.45) is 0 Å². The molecule has 0 radical (unpaired) electrons. The second-order valence-electron chi connectivity index (χ2n) is 4.54. The van der Waals surface area contributed by atoms with Gasteiger partial charge in [0.05, 0.1) is 6.10 Å². The lowest BCUT2D eigenvalue weighted by Crippen LogP contribution is -2.31. The molecule has 0 fully saturated rings. The van der Waals surface area contributed by atoms with Gasteiger partial charge in [0, 0.05) is 13.6 Å². The predicted octanol–water partition coefficient (Wildman–Crippen LogP) is 2.38. The Kier molecular flexibility index (Phi) is 5.16. The Labute approximate surface area is 103 Å². The van der Waals surface area contributed by atoms with Gasteiger partial charge in [-0.25, -0.2) is 0 Å². The van der Waals surface area contributed by atoms with Gasteiger partial charge in [-0.15, -0.1) is 0 Å². The molecule has 0 unspecified atom stereocenters. The molecular weight excluding hydrogens is 214 g/mol. The number of rotatable bonds is 5. The summed E-state index contributed by atoms with van der Waals surface area (Å²) in [6.07, 6.45) is 0.0887. The number of aryl methyl sites for hydroxylation is 1. The van der Waals surface area contributed by atoms with Crippen LogP contribution >= 0.6 is 0 Å². The summed E-state index contributed by atoms with van der Waals surface area (Å²) in [4.78, 5) is 13.5. The summed E-state index contributed by atoms with van der Waals surface area (Å²) in [5, 5.41) is 0. The molecule has 0 aromatic heterocycles. The summed E-state index contributed by atoms with van der Waals surface area (Å²) in [6, 6.07) is 8.09. The Morgan fingerprint density at radius 1 is 1.35 bits per heavy atom. The van der Waals surface area contributed by atoms with Crippen LogP contribution in [0.15, 0.2) is 24.3 Å². The van der Waals surface area contributed by atoms with E-state index in [2.05, 4.69) is 13.0 Å². The van der Waals surface area contributed by atoms with Crippen LogP contribution in [0, 0.1) is 6.92 Å². The molecule has 1 aromatic rings. The molecule has 1 amide bonds. The smallest absolute Gasteiger partial charge is 0.248 e. The van der Waals surface area contributed by atoms with Crippen LogP contribution in [0.5, 0.6) is 0 Å². The minimum atomic E-state index is 0.0157. The zero-order valence-electron chi connectivity index (χ0n) is 11.1. The van der Waals surface area contributed by atoms with E-state index in [9.17, 15) is 4.79 Å². The van der Waals surface area contributed by atoms with Crippen molar-refractivity contribution in [2.45, 2.75) is 33.4 Å². The molecule has 0 spiro atoms. The lowest BCUT2D eigenvalue weighted by atomic mass is 10.1. The highest BCUT2D eigenvalue weighted by Gasteiger charge is 2.10. The molecule has 1 aromatic carbocycles. The maximum absolute atomic E-state index is 11.8. The van der Waals surface area contributed by atoms with Gasteiger partial charge in [-0.05, 0) is 31.9 Å². The minimum absolute atomic E-state index is 0.0157. The molecule has 0 saturated heterocycles. The zero-order chi connectivity index (χ0) is 12.8. The van der Waals surface area contributed by atoms with Crippen molar-refractivity contribution in [2.75, 3.05) is 13.7 Å². The van der Waals surface area contributed by atoms with Crippen molar-refractivity contribution >= 4 is 5.91 Å². The fraction of sp³-hybridized carbons (Fsp3) is 0.500. The van der Waals surface area contributed by atoms with E-state index in [0.29, 0.717) is 6.54 Å². The first-order valence-electron chi connectivity index (χ1n) is 5.90. The largest absolute Gasteiger partial charge is 0.369 e. The Bertz CT molecular complexity index is 374. The molecule has 0 bridgehead atoms. The summed E-state index contributed by atoms with van der Waals surface area (Å²) in [7, 11) is 1.80. The van der Waals surface area contributed by atoms with Crippen molar-refractivity contribution in [3.8, 4) is 0 Å². The first-order valence-corrected chi connectivity index (χ1v) is 5.90. The van der Waals surface area contributed by atoms with Crippen molar-refractivity contribution < 1.29 is 9.53 Å². The van der Waals surface area contributed by atoms with E-state index in [1.807, 2.05) is 32.0 Å². The predicted molar refractivity (Wildman–Crippen MR) is 68.7 cm³/mol. The maximum atomic E-state index is 11.8. The zero-order valence-corrected chi connectivity index (χ0v) is 11.1. The van der Waals surface area contributed by atoms with Gasteiger partial charge in [-0.2, -0.15) is 0 Å². The number of benzene rings is 1. The van der Waals surface area contributed by atoms with Crippen LogP contribution in [0.25, 0.3) is 0 Å². The summed E-state index contributed by atoms with van der Waals surface area (Å²) >= 11 is 0. The number of nitrogens with zero attached hydrogens (tertiary/aromatic N) is 1. The van der Waals surface area contributed by atoms with E-state index >= 15 is 0 Å². The van der Waals surface area contributed by atoms with E-state index in [-0.39, 0.29) is 18.6 Å². The minimum Gasteiger partial charge on any atom is -0.369 e. The molecule has 3 heteroatoms. The van der Waals surface area contributed by atoms with Crippen LogP contribution in [-0.4, -0.2) is 30.6 Å². The van der Waals surface area contributed by atoms with E-state index in [0.717, 1.165) is 0 Å². The Balaban J connectivity index is 2.51. The molecule has 0 aliphatic rings. The lowest BCUT2D eigenvalue weighted by Gasteiger charge is -2.19. The van der Waals surface area contributed by atoms with E-state index in [4.69, 9.17) is 4.74 Å². The molecule has 1 rings (SSSR count). The summed E-state index contributed by atoms with van der Waals surface area (Å²) in [5.74, 6) is 0.0157. The third-order valence-corrected chi connectivity index (χ3v) is 2.63. The van der Waals surface area contributed by atoms with Gasteiger partial charge in [0.15, 0.2) is 0 Å². The SMILES string of the molecule is Cc1ccccc1CN(C)C(=O)COC(C)C. The fourth-order valence-corrected chi connectivity index (χ4v) is 1.48. The third kappa shape index (κ3) is 4.57. The number of amides is 1. The Hall–Kier alpha value is -1.35. The van der Waals surface area contributed by atoms with Gasteiger partial charge in [-0.1, -0.05) is 24.3 Å². The topological polar surface area (TPSA) is 29.5 Å². The van der Waals surface area contributed by atoms with Gasteiger partial charge in [0.25, 0.3) is 0 Å².